The molecule has 0 aliphatic carbocycles. The molecule has 8 heteroatoms. The zero-order valence-electron chi connectivity index (χ0n) is 8.49. The molecule has 0 atom stereocenters. The van der Waals surface area contributed by atoms with Crippen molar-refractivity contribution < 1.29 is 4.74 Å². The lowest BCUT2D eigenvalue weighted by Crippen LogP contribution is -2.08. The fourth-order valence-corrected chi connectivity index (χ4v) is 1.23. The fourth-order valence-electron chi connectivity index (χ4n) is 1.23. The molecule has 0 aliphatic rings. The maximum Gasteiger partial charge on any atom is 0.325 e. The van der Waals surface area contributed by atoms with E-state index in [1.165, 1.54) is 0 Å². The highest BCUT2D eigenvalue weighted by Gasteiger charge is 2.08. The van der Waals surface area contributed by atoms with Crippen LogP contribution in [-0.4, -0.2) is 33.1 Å². The minimum atomic E-state index is -0.380. The van der Waals surface area contributed by atoms with E-state index in [2.05, 4.69) is 19.9 Å². The maximum atomic E-state index is 11.0. The second-order valence-electron chi connectivity index (χ2n) is 3.18. The number of nitrogens with two attached hydrogens (primary N) is 2. The Hall–Kier alpha value is -2.09. The van der Waals surface area contributed by atoms with Gasteiger partial charge in [-0.25, -0.2) is 4.79 Å². The van der Waals surface area contributed by atoms with E-state index < -0.39 is 0 Å². The quantitative estimate of drug-likeness (QED) is 0.489. The van der Waals surface area contributed by atoms with Crippen molar-refractivity contribution in [1.29, 1.82) is 0 Å². The molecule has 86 valence electrons. The van der Waals surface area contributed by atoms with Crippen LogP contribution < -0.4 is 21.9 Å². The number of nitrogens with one attached hydrogen (secondary N) is 2. The van der Waals surface area contributed by atoms with Gasteiger partial charge in [0.2, 0.25) is 0 Å². The van der Waals surface area contributed by atoms with Gasteiger partial charge in [0.05, 0.1) is 6.61 Å². The predicted molar refractivity (Wildman–Crippen MR) is 58.1 cm³/mol. The van der Waals surface area contributed by atoms with Crippen LogP contribution in [0.4, 0.5) is 5.82 Å². The van der Waals surface area contributed by atoms with E-state index in [9.17, 15) is 4.79 Å². The van der Waals surface area contributed by atoms with E-state index in [4.69, 9.17) is 16.2 Å². The van der Waals surface area contributed by atoms with Gasteiger partial charge in [-0.2, -0.15) is 9.97 Å². The van der Waals surface area contributed by atoms with Gasteiger partial charge >= 0.3 is 11.7 Å². The summed E-state index contributed by atoms with van der Waals surface area (Å²) in [5.74, 6) is 0.172. The van der Waals surface area contributed by atoms with E-state index in [0.29, 0.717) is 30.7 Å². The number of nitrogen functional groups attached to an aromatic ring is 1. The molecule has 0 spiro atoms. The van der Waals surface area contributed by atoms with E-state index in [-0.39, 0.29) is 17.5 Å². The topological polar surface area (TPSA) is 136 Å². The summed E-state index contributed by atoms with van der Waals surface area (Å²) >= 11 is 0. The monoisotopic (exact) mass is 224 g/mol. The molecule has 6 N–H and O–H groups in total. The van der Waals surface area contributed by atoms with Gasteiger partial charge in [0.15, 0.2) is 11.5 Å². The van der Waals surface area contributed by atoms with Gasteiger partial charge in [-0.05, 0) is 13.0 Å². The number of aromatic amines is 2. The number of hydrogen-bond donors (Lipinski definition) is 4. The maximum absolute atomic E-state index is 11.0. The average molecular weight is 224 g/mol. The van der Waals surface area contributed by atoms with Crippen molar-refractivity contribution in [3.8, 4) is 6.01 Å². The molecule has 0 amide bonds. The average Bonchev–Trinajstić information content (AvgIpc) is 2.60. The van der Waals surface area contributed by atoms with Crippen LogP contribution in [0, 0.1) is 0 Å². The molecule has 16 heavy (non-hydrogen) atoms. The Morgan fingerprint density at radius 3 is 2.88 bits per heavy atom. The standard InChI is InChI=1S/C8H12N6O2/c9-2-1-3-16-8-12-5(10)4-6(14-8)13-7(15)11-4/h1-3,9H2,(H4,10,11,12,13,14,15). The molecule has 2 rings (SSSR count). The summed E-state index contributed by atoms with van der Waals surface area (Å²) in [6.07, 6.45) is 0.699. The van der Waals surface area contributed by atoms with Crippen LogP contribution in [0.2, 0.25) is 0 Å². The highest BCUT2D eigenvalue weighted by atomic mass is 16.5. The van der Waals surface area contributed by atoms with E-state index in [0.717, 1.165) is 0 Å². The third-order valence-electron chi connectivity index (χ3n) is 1.97. The molecule has 2 heterocycles. The second kappa shape index (κ2) is 4.19. The first-order chi connectivity index (χ1) is 7.70. The number of ether oxygens (including phenoxy) is 1. The third kappa shape index (κ3) is 1.96. The lowest BCUT2D eigenvalue weighted by Gasteiger charge is -2.03. The van der Waals surface area contributed by atoms with Crippen molar-refractivity contribution in [1.82, 2.24) is 19.9 Å². The highest BCUT2D eigenvalue weighted by molar-refractivity contribution is 5.81. The minimum Gasteiger partial charge on any atom is -0.463 e. The summed E-state index contributed by atoms with van der Waals surface area (Å²) in [5.41, 5.74) is 11.3. The van der Waals surface area contributed by atoms with Crippen LogP contribution in [0.15, 0.2) is 4.79 Å². The van der Waals surface area contributed by atoms with Crippen LogP contribution in [0.1, 0.15) is 6.42 Å². The number of imidazole rings is 1. The van der Waals surface area contributed by atoms with Gasteiger partial charge < -0.3 is 21.2 Å². The normalized spacial score (nSPS) is 10.8. The molecule has 0 unspecified atom stereocenters. The number of aromatic nitrogens is 4. The predicted octanol–water partition coefficient (Wildman–Crippen LogP) is -1.04. The van der Waals surface area contributed by atoms with Crippen LogP contribution in [0.25, 0.3) is 11.2 Å². The largest absolute Gasteiger partial charge is 0.463 e. The van der Waals surface area contributed by atoms with Crippen LogP contribution in [0.5, 0.6) is 6.01 Å². The minimum absolute atomic E-state index is 0.133. The molecule has 0 aromatic carbocycles. The molecule has 0 bridgehead atoms. The molecule has 2 aromatic rings. The van der Waals surface area contributed by atoms with Crippen molar-refractivity contribution >= 4 is 17.0 Å². The molecule has 0 saturated heterocycles. The zero-order valence-corrected chi connectivity index (χ0v) is 8.49. The zero-order chi connectivity index (χ0) is 11.5. The fraction of sp³-hybridized carbons (Fsp3) is 0.375. The summed E-state index contributed by atoms with van der Waals surface area (Å²) < 4.78 is 5.23. The summed E-state index contributed by atoms with van der Waals surface area (Å²) in [6.45, 7) is 0.939. The lowest BCUT2D eigenvalue weighted by molar-refractivity contribution is 0.290. The number of nitrogens with zero attached hydrogens (tertiary/aromatic N) is 2. The summed E-state index contributed by atoms with van der Waals surface area (Å²) in [5, 5.41) is 0. The smallest absolute Gasteiger partial charge is 0.325 e. The molecular formula is C8H12N6O2. The number of H-pyrrole nitrogens is 2. The Morgan fingerprint density at radius 2 is 2.12 bits per heavy atom. The van der Waals surface area contributed by atoms with Crippen molar-refractivity contribution in [2.75, 3.05) is 18.9 Å². The molecule has 0 saturated carbocycles. The molecule has 0 aliphatic heterocycles. The summed E-state index contributed by atoms with van der Waals surface area (Å²) in [6, 6.07) is 0.133. The number of anilines is 1. The summed E-state index contributed by atoms with van der Waals surface area (Å²) in [7, 11) is 0. The number of fused-ring (bicyclic) bond motifs is 1. The Balaban J connectivity index is 2.30. The first-order valence-corrected chi connectivity index (χ1v) is 4.79. The van der Waals surface area contributed by atoms with Crippen molar-refractivity contribution in [3.05, 3.63) is 10.5 Å². The lowest BCUT2D eigenvalue weighted by atomic mass is 10.5. The second-order valence-corrected chi connectivity index (χ2v) is 3.18. The Bertz CT molecular complexity index is 545. The van der Waals surface area contributed by atoms with Gasteiger partial charge in [0.25, 0.3) is 0 Å². The van der Waals surface area contributed by atoms with E-state index >= 15 is 0 Å². The van der Waals surface area contributed by atoms with E-state index in [1.54, 1.807) is 0 Å². The van der Waals surface area contributed by atoms with Crippen molar-refractivity contribution in [3.63, 3.8) is 0 Å². The molecule has 2 aromatic heterocycles. The first kappa shape index (κ1) is 10.4. The van der Waals surface area contributed by atoms with Crippen molar-refractivity contribution in [2.24, 2.45) is 5.73 Å². The van der Waals surface area contributed by atoms with Crippen LogP contribution >= 0.6 is 0 Å². The molecule has 8 nitrogen and oxygen atoms in total. The van der Waals surface area contributed by atoms with Gasteiger partial charge in [0, 0.05) is 0 Å². The Kier molecular flexibility index (Phi) is 2.73. The van der Waals surface area contributed by atoms with E-state index in [1.807, 2.05) is 0 Å². The third-order valence-corrected chi connectivity index (χ3v) is 1.97. The highest BCUT2D eigenvalue weighted by Crippen LogP contribution is 2.15. The van der Waals surface area contributed by atoms with Gasteiger partial charge in [-0.15, -0.1) is 0 Å². The SMILES string of the molecule is NCCCOc1nc(N)c2[nH]c(=O)[nH]c2n1. The van der Waals surface area contributed by atoms with Gasteiger partial charge in [-0.3, -0.25) is 4.98 Å². The Morgan fingerprint density at radius 1 is 1.31 bits per heavy atom. The number of hydrogen-bond acceptors (Lipinski definition) is 6. The molecule has 0 radical (unpaired) electrons. The van der Waals surface area contributed by atoms with Gasteiger partial charge in [-0.1, -0.05) is 0 Å². The van der Waals surface area contributed by atoms with Crippen molar-refractivity contribution in [2.45, 2.75) is 6.42 Å². The summed E-state index contributed by atoms with van der Waals surface area (Å²) in [4.78, 5) is 23.9. The molecular weight excluding hydrogens is 212 g/mol. The Labute approximate surface area is 90.0 Å². The van der Waals surface area contributed by atoms with Gasteiger partial charge in [0.1, 0.15) is 5.52 Å². The van der Waals surface area contributed by atoms with Crippen LogP contribution in [-0.2, 0) is 0 Å². The first-order valence-electron chi connectivity index (χ1n) is 4.79. The molecule has 0 fully saturated rings. The van der Waals surface area contributed by atoms with Crippen LogP contribution in [0.3, 0.4) is 0 Å². The number of rotatable bonds is 4.